The molecule has 1 aliphatic heterocycles. The van der Waals surface area contributed by atoms with E-state index in [1.165, 1.54) is 4.90 Å². The number of sulfone groups is 1. The molecule has 1 saturated heterocycles. The van der Waals surface area contributed by atoms with Crippen molar-refractivity contribution >= 4 is 21.7 Å². The minimum absolute atomic E-state index is 0.00852. The molecule has 0 saturated carbocycles. The first-order chi connectivity index (χ1) is 7.79. The van der Waals surface area contributed by atoms with Gasteiger partial charge in [0, 0.05) is 19.3 Å². The van der Waals surface area contributed by atoms with Gasteiger partial charge in [-0.1, -0.05) is 0 Å². The van der Waals surface area contributed by atoms with E-state index in [4.69, 9.17) is 5.73 Å². The van der Waals surface area contributed by atoms with Gasteiger partial charge in [-0.15, -0.1) is 0 Å². The van der Waals surface area contributed by atoms with Crippen LogP contribution in [0.4, 0.5) is 0 Å². The fourth-order valence-corrected chi connectivity index (χ4v) is 2.21. The van der Waals surface area contributed by atoms with Crippen molar-refractivity contribution in [1.82, 2.24) is 10.2 Å². The summed E-state index contributed by atoms with van der Waals surface area (Å²) in [5.74, 6) is -0.719. The molecule has 3 N–H and O–H groups in total. The van der Waals surface area contributed by atoms with E-state index in [1.807, 2.05) is 0 Å². The van der Waals surface area contributed by atoms with Crippen LogP contribution in [0, 0.1) is 0 Å². The van der Waals surface area contributed by atoms with Gasteiger partial charge in [0.05, 0.1) is 18.3 Å². The van der Waals surface area contributed by atoms with Crippen LogP contribution in [0.3, 0.4) is 0 Å². The predicted molar refractivity (Wildman–Crippen MR) is 61.9 cm³/mol. The molecule has 0 aromatic heterocycles. The number of hydrogen-bond donors (Lipinski definition) is 2. The number of rotatable bonds is 4. The van der Waals surface area contributed by atoms with Gasteiger partial charge in [-0.05, 0) is 6.42 Å². The van der Waals surface area contributed by atoms with Crippen LogP contribution in [0.1, 0.15) is 6.42 Å². The van der Waals surface area contributed by atoms with E-state index in [0.29, 0.717) is 13.1 Å². The second kappa shape index (κ2) is 5.46. The summed E-state index contributed by atoms with van der Waals surface area (Å²) in [5.41, 5.74) is 5.61. The van der Waals surface area contributed by atoms with Gasteiger partial charge in [-0.2, -0.15) is 0 Å². The number of hydrogen-bond acceptors (Lipinski definition) is 5. The van der Waals surface area contributed by atoms with Crippen molar-refractivity contribution < 1.29 is 18.0 Å². The Bertz CT molecular complexity index is 406. The monoisotopic (exact) mass is 263 g/mol. The first kappa shape index (κ1) is 13.9. The lowest BCUT2D eigenvalue weighted by Gasteiger charge is -2.28. The number of nitrogens with one attached hydrogen (secondary N) is 1. The Labute approximate surface area is 100 Å². The quantitative estimate of drug-likeness (QED) is 0.593. The Morgan fingerprint density at radius 2 is 2.24 bits per heavy atom. The van der Waals surface area contributed by atoms with Crippen LogP contribution in [-0.2, 0) is 19.4 Å². The molecule has 2 amide bonds. The highest BCUT2D eigenvalue weighted by Crippen LogP contribution is 2.01. The molecule has 7 nitrogen and oxygen atoms in total. The van der Waals surface area contributed by atoms with Crippen molar-refractivity contribution in [3.05, 3.63) is 0 Å². The Kier molecular flexibility index (Phi) is 4.47. The molecule has 0 bridgehead atoms. The molecule has 1 unspecified atom stereocenters. The molecule has 1 heterocycles. The number of carbonyl (C=O) groups is 2. The van der Waals surface area contributed by atoms with E-state index in [0.717, 1.165) is 6.26 Å². The molecule has 1 aliphatic rings. The summed E-state index contributed by atoms with van der Waals surface area (Å²) in [6.45, 7) is 0.811. The standard InChI is InChI=1S/C9H17N3O4S/c1-17(15,16)5-2-7(10)9(14)12-4-3-11-8(13)6-12/h7H,2-6,10H2,1H3,(H,11,13). The highest BCUT2D eigenvalue weighted by atomic mass is 32.2. The minimum atomic E-state index is -3.12. The predicted octanol–water partition coefficient (Wildman–Crippen LogP) is -2.29. The fourth-order valence-electron chi connectivity index (χ4n) is 1.53. The van der Waals surface area contributed by atoms with Gasteiger partial charge in [-0.3, -0.25) is 9.59 Å². The topological polar surface area (TPSA) is 110 Å². The molecule has 17 heavy (non-hydrogen) atoms. The lowest BCUT2D eigenvalue weighted by atomic mass is 10.2. The molecule has 8 heteroatoms. The highest BCUT2D eigenvalue weighted by molar-refractivity contribution is 7.90. The van der Waals surface area contributed by atoms with Gasteiger partial charge in [-0.25, -0.2) is 8.42 Å². The van der Waals surface area contributed by atoms with E-state index in [-0.39, 0.29) is 30.5 Å². The van der Waals surface area contributed by atoms with Gasteiger partial charge in [0.2, 0.25) is 11.8 Å². The van der Waals surface area contributed by atoms with Crippen LogP contribution >= 0.6 is 0 Å². The average Bonchev–Trinajstić information content (AvgIpc) is 2.24. The van der Waals surface area contributed by atoms with E-state index < -0.39 is 15.9 Å². The Morgan fingerprint density at radius 3 is 2.76 bits per heavy atom. The van der Waals surface area contributed by atoms with E-state index in [1.54, 1.807) is 0 Å². The molecule has 1 atom stereocenters. The van der Waals surface area contributed by atoms with Crippen molar-refractivity contribution in [2.75, 3.05) is 31.6 Å². The Hall–Kier alpha value is -1.15. The number of nitrogens with two attached hydrogens (primary N) is 1. The highest BCUT2D eigenvalue weighted by Gasteiger charge is 2.25. The number of carbonyl (C=O) groups excluding carboxylic acids is 2. The van der Waals surface area contributed by atoms with Crippen molar-refractivity contribution in [1.29, 1.82) is 0 Å². The van der Waals surface area contributed by atoms with Crippen LogP contribution in [0.15, 0.2) is 0 Å². The first-order valence-corrected chi connectivity index (χ1v) is 7.34. The largest absolute Gasteiger partial charge is 0.353 e. The molecule has 1 fully saturated rings. The average molecular weight is 263 g/mol. The van der Waals surface area contributed by atoms with Crippen LogP contribution < -0.4 is 11.1 Å². The maximum Gasteiger partial charge on any atom is 0.240 e. The van der Waals surface area contributed by atoms with Gasteiger partial charge in [0.15, 0.2) is 0 Å². The molecule has 0 aromatic rings. The van der Waals surface area contributed by atoms with Crippen molar-refractivity contribution in [3.63, 3.8) is 0 Å². The first-order valence-electron chi connectivity index (χ1n) is 5.28. The zero-order chi connectivity index (χ0) is 13.1. The van der Waals surface area contributed by atoms with E-state index in [2.05, 4.69) is 5.32 Å². The molecule has 0 aromatic carbocycles. The summed E-state index contributed by atoms with van der Waals surface area (Å²) in [6, 6.07) is -0.865. The summed E-state index contributed by atoms with van der Waals surface area (Å²) in [4.78, 5) is 24.2. The number of piperazine rings is 1. The Morgan fingerprint density at radius 1 is 1.59 bits per heavy atom. The van der Waals surface area contributed by atoms with Crippen molar-refractivity contribution in [2.45, 2.75) is 12.5 Å². The molecule has 0 radical (unpaired) electrons. The molecular weight excluding hydrogens is 246 g/mol. The van der Waals surface area contributed by atoms with Crippen LogP contribution in [-0.4, -0.2) is 62.8 Å². The van der Waals surface area contributed by atoms with E-state index >= 15 is 0 Å². The number of amides is 2. The van der Waals surface area contributed by atoms with Gasteiger partial charge in [0.25, 0.3) is 0 Å². The lowest BCUT2D eigenvalue weighted by molar-refractivity contribution is -0.139. The molecular formula is C9H17N3O4S. The maximum absolute atomic E-state index is 11.8. The van der Waals surface area contributed by atoms with Gasteiger partial charge >= 0.3 is 0 Å². The third kappa shape index (κ3) is 4.70. The third-order valence-electron chi connectivity index (χ3n) is 2.47. The smallest absolute Gasteiger partial charge is 0.240 e. The molecule has 0 spiro atoms. The summed E-state index contributed by atoms with van der Waals surface area (Å²) < 4.78 is 21.9. The summed E-state index contributed by atoms with van der Waals surface area (Å²) >= 11 is 0. The zero-order valence-electron chi connectivity index (χ0n) is 9.68. The Balaban J connectivity index is 2.48. The second-order valence-electron chi connectivity index (χ2n) is 4.13. The lowest BCUT2D eigenvalue weighted by Crippen LogP contribution is -2.54. The SMILES string of the molecule is CS(=O)(=O)CCC(N)C(=O)N1CCNC(=O)C1. The van der Waals surface area contributed by atoms with Crippen LogP contribution in [0.25, 0.3) is 0 Å². The summed E-state index contributed by atoms with van der Waals surface area (Å²) in [6.07, 6.45) is 1.17. The summed E-state index contributed by atoms with van der Waals surface area (Å²) in [7, 11) is -3.12. The second-order valence-corrected chi connectivity index (χ2v) is 6.39. The fraction of sp³-hybridized carbons (Fsp3) is 0.778. The van der Waals surface area contributed by atoms with Crippen LogP contribution in [0.2, 0.25) is 0 Å². The van der Waals surface area contributed by atoms with Gasteiger partial charge in [0.1, 0.15) is 9.84 Å². The number of nitrogens with zero attached hydrogens (tertiary/aromatic N) is 1. The molecule has 98 valence electrons. The normalized spacial score (nSPS) is 18.7. The molecule has 1 rings (SSSR count). The van der Waals surface area contributed by atoms with Crippen molar-refractivity contribution in [3.8, 4) is 0 Å². The van der Waals surface area contributed by atoms with Crippen LogP contribution in [0.5, 0.6) is 0 Å². The maximum atomic E-state index is 11.8. The molecule has 0 aliphatic carbocycles. The van der Waals surface area contributed by atoms with Crippen molar-refractivity contribution in [2.24, 2.45) is 5.73 Å². The third-order valence-corrected chi connectivity index (χ3v) is 3.44. The zero-order valence-corrected chi connectivity index (χ0v) is 10.5. The van der Waals surface area contributed by atoms with Gasteiger partial charge < -0.3 is 16.0 Å². The summed E-state index contributed by atoms with van der Waals surface area (Å²) in [5, 5.41) is 2.59. The minimum Gasteiger partial charge on any atom is -0.353 e. The van der Waals surface area contributed by atoms with E-state index in [9.17, 15) is 18.0 Å².